The molecule has 1 atom stereocenters. The van der Waals surface area contributed by atoms with Gasteiger partial charge in [0.25, 0.3) is 5.91 Å². The largest absolute Gasteiger partial charge is 0.455 e. The van der Waals surface area contributed by atoms with E-state index in [2.05, 4.69) is 5.32 Å². The van der Waals surface area contributed by atoms with Crippen LogP contribution >= 0.6 is 0 Å². The smallest absolute Gasteiger partial charge is 0.311 e. The summed E-state index contributed by atoms with van der Waals surface area (Å²) in [6.45, 7) is 4.24. The van der Waals surface area contributed by atoms with Crippen molar-refractivity contribution in [3.63, 3.8) is 0 Å². The third kappa shape index (κ3) is 4.57. The summed E-state index contributed by atoms with van der Waals surface area (Å²) in [7, 11) is 0. The van der Waals surface area contributed by atoms with Crippen molar-refractivity contribution in [2.75, 3.05) is 18.1 Å². The number of nitrogens with one attached hydrogen (secondary N) is 1. The number of nitrogens with zero attached hydrogens (tertiary/aromatic N) is 1. The normalized spacial score (nSPS) is 16.1. The van der Waals surface area contributed by atoms with Crippen LogP contribution in [0.15, 0.2) is 48.5 Å². The zero-order valence-corrected chi connectivity index (χ0v) is 16.1. The first-order chi connectivity index (χ1) is 13.5. The summed E-state index contributed by atoms with van der Waals surface area (Å²) in [5.41, 5.74) is 3.89. The summed E-state index contributed by atoms with van der Waals surface area (Å²) in [5.74, 6) is -1.55. The van der Waals surface area contributed by atoms with Gasteiger partial charge in [0.05, 0.1) is 5.92 Å². The summed E-state index contributed by atoms with van der Waals surface area (Å²) < 4.78 is 5.13. The predicted molar refractivity (Wildman–Crippen MR) is 106 cm³/mol. The average Bonchev–Trinajstić information content (AvgIpc) is 3.09. The van der Waals surface area contributed by atoms with Crippen molar-refractivity contribution in [1.82, 2.24) is 5.32 Å². The highest BCUT2D eigenvalue weighted by Crippen LogP contribution is 2.29. The van der Waals surface area contributed by atoms with E-state index in [1.807, 2.05) is 62.4 Å². The van der Waals surface area contributed by atoms with Crippen molar-refractivity contribution in [3.05, 3.63) is 65.2 Å². The van der Waals surface area contributed by atoms with Crippen molar-refractivity contribution in [2.45, 2.75) is 26.8 Å². The van der Waals surface area contributed by atoms with Gasteiger partial charge < -0.3 is 15.0 Å². The Morgan fingerprint density at radius 1 is 1.11 bits per heavy atom. The van der Waals surface area contributed by atoms with Gasteiger partial charge in [-0.2, -0.15) is 0 Å². The van der Waals surface area contributed by atoms with Crippen LogP contribution in [0.1, 0.15) is 23.1 Å². The van der Waals surface area contributed by atoms with Crippen molar-refractivity contribution in [1.29, 1.82) is 0 Å². The molecule has 0 radical (unpaired) electrons. The first-order valence-corrected chi connectivity index (χ1v) is 9.29. The Morgan fingerprint density at radius 3 is 2.61 bits per heavy atom. The van der Waals surface area contributed by atoms with Gasteiger partial charge in [-0.25, -0.2) is 0 Å². The maximum absolute atomic E-state index is 12.4. The van der Waals surface area contributed by atoms with Gasteiger partial charge in [0.2, 0.25) is 5.91 Å². The molecule has 2 amide bonds. The minimum atomic E-state index is -0.561. The molecule has 1 aliphatic rings. The zero-order valence-electron chi connectivity index (χ0n) is 16.1. The first-order valence-electron chi connectivity index (χ1n) is 9.29. The van der Waals surface area contributed by atoms with Crippen molar-refractivity contribution in [2.24, 2.45) is 5.92 Å². The van der Waals surface area contributed by atoms with Gasteiger partial charge >= 0.3 is 5.97 Å². The summed E-state index contributed by atoms with van der Waals surface area (Å²) in [5, 5.41) is 2.71. The molecule has 0 unspecified atom stereocenters. The minimum absolute atomic E-state index is 0.0951. The quantitative estimate of drug-likeness (QED) is 0.782. The van der Waals surface area contributed by atoms with Gasteiger partial charge in [-0.1, -0.05) is 42.5 Å². The number of benzene rings is 2. The maximum atomic E-state index is 12.4. The van der Waals surface area contributed by atoms with Crippen LogP contribution in [0.4, 0.5) is 5.69 Å². The lowest BCUT2D eigenvalue weighted by molar-refractivity contribution is -0.152. The Balaban J connectivity index is 1.50. The highest BCUT2D eigenvalue weighted by atomic mass is 16.5. The Bertz CT molecular complexity index is 879. The van der Waals surface area contributed by atoms with Gasteiger partial charge in [-0.15, -0.1) is 0 Å². The zero-order chi connectivity index (χ0) is 20.1. The highest BCUT2D eigenvalue weighted by molar-refractivity contribution is 6.00. The number of amides is 2. The minimum Gasteiger partial charge on any atom is -0.455 e. The fourth-order valence-electron chi connectivity index (χ4n) is 3.23. The summed E-state index contributed by atoms with van der Waals surface area (Å²) in [4.78, 5) is 38.2. The van der Waals surface area contributed by atoms with Crippen LogP contribution < -0.4 is 10.2 Å². The molecule has 1 N–H and O–H groups in total. The van der Waals surface area contributed by atoms with Crippen LogP contribution in [0.5, 0.6) is 0 Å². The Labute approximate surface area is 164 Å². The number of hydrogen-bond acceptors (Lipinski definition) is 4. The third-order valence-electron chi connectivity index (χ3n) is 5.00. The molecule has 1 aliphatic heterocycles. The molecule has 1 fully saturated rings. The number of esters is 1. The summed E-state index contributed by atoms with van der Waals surface area (Å²) in [6, 6.07) is 15.2. The van der Waals surface area contributed by atoms with Crippen LogP contribution in [0.25, 0.3) is 0 Å². The van der Waals surface area contributed by atoms with Gasteiger partial charge in [0.15, 0.2) is 6.61 Å². The van der Waals surface area contributed by atoms with Crippen LogP contribution in [0.3, 0.4) is 0 Å². The monoisotopic (exact) mass is 380 g/mol. The molecule has 0 aliphatic carbocycles. The molecule has 6 nitrogen and oxygen atoms in total. The van der Waals surface area contributed by atoms with E-state index in [-0.39, 0.29) is 31.4 Å². The number of anilines is 1. The highest BCUT2D eigenvalue weighted by Gasteiger charge is 2.36. The van der Waals surface area contributed by atoms with E-state index in [0.717, 1.165) is 22.4 Å². The molecule has 146 valence electrons. The Kier molecular flexibility index (Phi) is 6.09. The third-order valence-corrected chi connectivity index (χ3v) is 5.00. The van der Waals surface area contributed by atoms with Crippen molar-refractivity contribution < 1.29 is 19.1 Å². The van der Waals surface area contributed by atoms with E-state index in [1.165, 1.54) is 0 Å². The molecule has 0 aromatic heterocycles. The molecule has 2 aromatic rings. The topological polar surface area (TPSA) is 75.7 Å². The average molecular weight is 380 g/mol. The SMILES string of the molecule is Cc1cccc(N2C[C@H](C(=O)OCC(=O)NCc3ccccc3)CC2=O)c1C. The number of ether oxygens (including phenoxy) is 1. The Morgan fingerprint density at radius 2 is 1.86 bits per heavy atom. The van der Waals surface area contributed by atoms with E-state index in [4.69, 9.17) is 4.74 Å². The Hall–Kier alpha value is -3.15. The molecular formula is C22H24N2O4. The molecule has 1 saturated heterocycles. The lowest BCUT2D eigenvalue weighted by atomic mass is 10.1. The van der Waals surface area contributed by atoms with Crippen LogP contribution in [-0.2, 0) is 25.7 Å². The summed E-state index contributed by atoms with van der Waals surface area (Å²) >= 11 is 0. The standard InChI is InChI=1S/C22H24N2O4/c1-15-7-6-10-19(16(15)2)24-13-18(11-21(24)26)22(27)28-14-20(25)23-12-17-8-4-3-5-9-17/h3-10,18H,11-14H2,1-2H3,(H,23,25)/t18-/m1/s1. The van der Waals surface area contributed by atoms with E-state index >= 15 is 0 Å². The lowest BCUT2D eigenvalue weighted by Gasteiger charge is -2.20. The summed E-state index contributed by atoms with van der Waals surface area (Å²) in [6.07, 6.45) is 0.0951. The maximum Gasteiger partial charge on any atom is 0.311 e. The van der Waals surface area contributed by atoms with E-state index in [0.29, 0.717) is 6.54 Å². The fraction of sp³-hybridized carbons (Fsp3) is 0.318. The predicted octanol–water partition coefficient (Wildman–Crippen LogP) is 2.52. The van der Waals surface area contributed by atoms with Crippen molar-refractivity contribution >= 4 is 23.5 Å². The molecule has 0 spiro atoms. The number of carbonyl (C=O) groups excluding carboxylic acids is 3. The van der Waals surface area contributed by atoms with Crippen LogP contribution in [-0.4, -0.2) is 30.9 Å². The second-order valence-corrected chi connectivity index (χ2v) is 6.99. The van der Waals surface area contributed by atoms with Gasteiger partial charge in [-0.3, -0.25) is 14.4 Å². The fourth-order valence-corrected chi connectivity index (χ4v) is 3.23. The second kappa shape index (κ2) is 8.69. The molecule has 2 aromatic carbocycles. The number of carbonyl (C=O) groups is 3. The molecular weight excluding hydrogens is 356 g/mol. The van der Waals surface area contributed by atoms with E-state index in [9.17, 15) is 14.4 Å². The first kappa shape index (κ1) is 19.6. The van der Waals surface area contributed by atoms with Crippen LogP contribution in [0.2, 0.25) is 0 Å². The van der Waals surface area contributed by atoms with Crippen molar-refractivity contribution in [3.8, 4) is 0 Å². The van der Waals surface area contributed by atoms with E-state index in [1.54, 1.807) is 4.90 Å². The second-order valence-electron chi connectivity index (χ2n) is 6.99. The number of aryl methyl sites for hydroxylation is 1. The van der Waals surface area contributed by atoms with Gasteiger partial charge in [0.1, 0.15) is 0 Å². The van der Waals surface area contributed by atoms with Crippen LogP contribution in [0, 0.1) is 19.8 Å². The number of hydrogen-bond donors (Lipinski definition) is 1. The molecule has 28 heavy (non-hydrogen) atoms. The lowest BCUT2D eigenvalue weighted by Crippen LogP contribution is -2.31. The van der Waals surface area contributed by atoms with Gasteiger partial charge in [0, 0.05) is 25.2 Å². The molecule has 1 heterocycles. The van der Waals surface area contributed by atoms with Gasteiger partial charge in [-0.05, 0) is 36.6 Å². The molecule has 0 bridgehead atoms. The molecule has 6 heteroatoms. The molecule has 0 saturated carbocycles. The number of rotatable bonds is 6. The van der Waals surface area contributed by atoms with E-state index < -0.39 is 11.9 Å². The molecule has 3 rings (SSSR count).